The van der Waals surface area contributed by atoms with E-state index >= 15 is 0 Å². The lowest BCUT2D eigenvalue weighted by molar-refractivity contribution is 0.0475. The fraction of sp³-hybridized carbons (Fsp3) is 0.0909. The van der Waals surface area contributed by atoms with E-state index < -0.39 is 24.0 Å². The Bertz CT molecular complexity index is 1290. The molecule has 4 aromatic rings. The molecule has 28 heavy (non-hydrogen) atoms. The molecule has 0 fully saturated rings. The number of aromatic nitrogens is 1. The van der Waals surface area contributed by atoms with Crippen LogP contribution in [0.1, 0.15) is 26.4 Å². The van der Waals surface area contributed by atoms with E-state index in [1.807, 2.05) is 6.07 Å². The van der Waals surface area contributed by atoms with Crippen LogP contribution < -0.4 is 5.63 Å². The third-order valence-corrected chi connectivity index (χ3v) is 4.34. The van der Waals surface area contributed by atoms with Gasteiger partial charge >= 0.3 is 11.6 Å². The summed E-state index contributed by atoms with van der Waals surface area (Å²) in [5, 5.41) is 1.25. The highest BCUT2D eigenvalue weighted by atomic mass is 16.5. The summed E-state index contributed by atoms with van der Waals surface area (Å²) in [5.41, 5.74) is 1.12. The van der Waals surface area contributed by atoms with Gasteiger partial charge < -0.3 is 9.15 Å². The monoisotopic (exact) mass is 373 g/mol. The molecule has 0 unspecified atom stereocenters. The molecule has 2 aromatic carbocycles. The van der Waals surface area contributed by atoms with Crippen LogP contribution in [0.5, 0.6) is 0 Å². The van der Waals surface area contributed by atoms with E-state index in [1.165, 1.54) is 6.07 Å². The first kappa shape index (κ1) is 17.6. The van der Waals surface area contributed by atoms with E-state index in [2.05, 4.69) is 4.98 Å². The number of ketones is 1. The van der Waals surface area contributed by atoms with E-state index in [-0.39, 0.29) is 5.56 Å². The molecule has 0 radical (unpaired) electrons. The number of hydrogen-bond acceptors (Lipinski definition) is 6. The third-order valence-electron chi connectivity index (χ3n) is 4.34. The molecule has 0 spiro atoms. The van der Waals surface area contributed by atoms with Crippen molar-refractivity contribution in [2.75, 3.05) is 6.61 Å². The minimum atomic E-state index is -0.759. The molecule has 6 heteroatoms. The van der Waals surface area contributed by atoms with Gasteiger partial charge in [0.2, 0.25) is 5.78 Å². The average molecular weight is 373 g/mol. The standard InChI is InChI=1S/C22H15NO5/c1-13-10-16(15-7-3-4-8-18(15)23-13)21(25)27-12-19(24)17-11-14-6-2-5-9-20(14)28-22(17)26/h2-11H,12H2,1H3. The summed E-state index contributed by atoms with van der Waals surface area (Å²) in [6.07, 6.45) is 0. The molecule has 2 aromatic heterocycles. The normalized spacial score (nSPS) is 10.9. The van der Waals surface area contributed by atoms with Crippen molar-refractivity contribution in [2.24, 2.45) is 0 Å². The van der Waals surface area contributed by atoms with Gasteiger partial charge in [0.15, 0.2) is 6.61 Å². The molecule has 0 saturated heterocycles. The summed E-state index contributed by atoms with van der Waals surface area (Å²) < 4.78 is 10.3. The number of para-hydroxylation sites is 2. The van der Waals surface area contributed by atoms with Crippen LogP contribution in [-0.4, -0.2) is 23.3 Å². The number of pyridine rings is 1. The van der Waals surface area contributed by atoms with E-state index in [1.54, 1.807) is 55.5 Å². The van der Waals surface area contributed by atoms with Crippen LogP contribution in [0, 0.1) is 6.92 Å². The number of ether oxygens (including phenoxy) is 1. The highest BCUT2D eigenvalue weighted by molar-refractivity contribution is 6.05. The highest BCUT2D eigenvalue weighted by Crippen LogP contribution is 2.19. The minimum Gasteiger partial charge on any atom is -0.454 e. The number of aryl methyl sites for hydroxylation is 1. The van der Waals surface area contributed by atoms with Crippen molar-refractivity contribution in [3.63, 3.8) is 0 Å². The number of Topliss-reactive ketones (excluding diaryl/α,β-unsaturated/α-hetero) is 1. The van der Waals surface area contributed by atoms with Gasteiger partial charge in [-0.2, -0.15) is 0 Å². The molecular formula is C22H15NO5. The summed E-state index contributed by atoms with van der Waals surface area (Å²) in [7, 11) is 0. The van der Waals surface area contributed by atoms with Crippen molar-refractivity contribution >= 4 is 33.6 Å². The predicted molar refractivity (Wildman–Crippen MR) is 104 cm³/mol. The molecule has 0 atom stereocenters. The topological polar surface area (TPSA) is 86.5 Å². The summed E-state index contributed by atoms with van der Waals surface area (Å²) >= 11 is 0. The quantitative estimate of drug-likeness (QED) is 0.308. The van der Waals surface area contributed by atoms with Gasteiger partial charge in [0.05, 0.1) is 11.1 Å². The maximum atomic E-state index is 12.5. The summed E-state index contributed by atoms with van der Waals surface area (Å²) in [4.78, 5) is 41.4. The fourth-order valence-electron chi connectivity index (χ4n) is 3.02. The van der Waals surface area contributed by atoms with Crippen molar-refractivity contribution in [2.45, 2.75) is 6.92 Å². The van der Waals surface area contributed by atoms with Gasteiger partial charge in [-0.1, -0.05) is 36.4 Å². The maximum absolute atomic E-state index is 12.5. The molecule has 2 heterocycles. The Morgan fingerprint density at radius 2 is 1.75 bits per heavy atom. The molecular weight excluding hydrogens is 358 g/mol. The van der Waals surface area contributed by atoms with Crippen LogP contribution in [0.25, 0.3) is 21.9 Å². The molecule has 4 rings (SSSR count). The zero-order valence-electron chi connectivity index (χ0n) is 15.0. The van der Waals surface area contributed by atoms with Crippen LogP contribution in [0.2, 0.25) is 0 Å². The summed E-state index contributed by atoms with van der Waals surface area (Å²) in [6.45, 7) is 1.21. The second kappa shape index (κ2) is 7.08. The Labute approximate surface area is 159 Å². The Kier molecular flexibility index (Phi) is 4.45. The molecule has 0 bridgehead atoms. The van der Waals surface area contributed by atoms with Crippen molar-refractivity contribution < 1.29 is 18.7 Å². The molecule has 0 aliphatic carbocycles. The molecule has 0 N–H and O–H groups in total. The van der Waals surface area contributed by atoms with Gasteiger partial charge in [-0.3, -0.25) is 9.78 Å². The van der Waals surface area contributed by atoms with Crippen LogP contribution in [0.3, 0.4) is 0 Å². The van der Waals surface area contributed by atoms with E-state index in [0.29, 0.717) is 33.1 Å². The Morgan fingerprint density at radius 1 is 1.00 bits per heavy atom. The molecule has 138 valence electrons. The summed E-state index contributed by atoms with van der Waals surface area (Å²) in [6, 6.07) is 17.1. The first-order chi connectivity index (χ1) is 13.5. The molecule has 0 saturated carbocycles. The largest absolute Gasteiger partial charge is 0.454 e. The second-order valence-corrected chi connectivity index (χ2v) is 6.31. The number of esters is 1. The maximum Gasteiger partial charge on any atom is 0.347 e. The Morgan fingerprint density at radius 3 is 2.61 bits per heavy atom. The van der Waals surface area contributed by atoms with Crippen molar-refractivity contribution in [1.29, 1.82) is 0 Å². The minimum absolute atomic E-state index is 0.151. The van der Waals surface area contributed by atoms with Gasteiger partial charge in [-0.15, -0.1) is 0 Å². The lowest BCUT2D eigenvalue weighted by atomic mass is 10.1. The van der Waals surface area contributed by atoms with Crippen LogP contribution in [-0.2, 0) is 4.74 Å². The number of carbonyl (C=O) groups is 2. The SMILES string of the molecule is Cc1cc(C(=O)OCC(=O)c2cc3ccccc3oc2=O)c2ccccc2n1. The van der Waals surface area contributed by atoms with Crippen LogP contribution >= 0.6 is 0 Å². The lowest BCUT2D eigenvalue weighted by Crippen LogP contribution is -2.20. The van der Waals surface area contributed by atoms with Crippen LogP contribution in [0.4, 0.5) is 0 Å². The van der Waals surface area contributed by atoms with Gasteiger partial charge in [0.1, 0.15) is 11.1 Å². The van der Waals surface area contributed by atoms with E-state index in [4.69, 9.17) is 9.15 Å². The fourth-order valence-corrected chi connectivity index (χ4v) is 3.02. The highest BCUT2D eigenvalue weighted by Gasteiger charge is 2.18. The molecule has 0 aliphatic heterocycles. The van der Waals surface area contributed by atoms with Gasteiger partial charge in [0.25, 0.3) is 0 Å². The first-order valence-corrected chi connectivity index (χ1v) is 8.62. The first-order valence-electron chi connectivity index (χ1n) is 8.62. The smallest absolute Gasteiger partial charge is 0.347 e. The number of nitrogens with zero attached hydrogens (tertiary/aromatic N) is 1. The number of rotatable bonds is 4. The van der Waals surface area contributed by atoms with Gasteiger partial charge in [-0.25, -0.2) is 9.59 Å². The molecule has 0 aliphatic rings. The van der Waals surface area contributed by atoms with Crippen molar-refractivity contribution in [3.05, 3.63) is 87.9 Å². The number of fused-ring (bicyclic) bond motifs is 2. The van der Waals surface area contributed by atoms with Crippen molar-refractivity contribution in [3.8, 4) is 0 Å². The zero-order chi connectivity index (χ0) is 19.7. The number of benzene rings is 2. The second-order valence-electron chi connectivity index (χ2n) is 6.31. The summed E-state index contributed by atoms with van der Waals surface area (Å²) in [5.74, 6) is -1.27. The third kappa shape index (κ3) is 3.27. The number of hydrogen-bond donors (Lipinski definition) is 0. The van der Waals surface area contributed by atoms with Crippen LogP contribution in [0.15, 0.2) is 69.9 Å². The van der Waals surface area contributed by atoms with Gasteiger partial charge in [0, 0.05) is 16.5 Å². The van der Waals surface area contributed by atoms with E-state index in [0.717, 1.165) is 0 Å². The predicted octanol–water partition coefficient (Wildman–Crippen LogP) is 3.69. The number of carbonyl (C=O) groups excluding carboxylic acids is 2. The van der Waals surface area contributed by atoms with E-state index in [9.17, 15) is 14.4 Å². The molecule has 0 amide bonds. The van der Waals surface area contributed by atoms with Gasteiger partial charge in [-0.05, 0) is 31.2 Å². The van der Waals surface area contributed by atoms with Crippen molar-refractivity contribution in [1.82, 2.24) is 4.98 Å². The molecule has 6 nitrogen and oxygen atoms in total. The Hall–Kier alpha value is -3.80. The Balaban J connectivity index is 1.58. The average Bonchev–Trinajstić information content (AvgIpc) is 2.70. The lowest BCUT2D eigenvalue weighted by Gasteiger charge is -2.08. The zero-order valence-corrected chi connectivity index (χ0v) is 15.0.